The van der Waals surface area contributed by atoms with Gasteiger partial charge in [0.2, 0.25) is 0 Å². The number of aromatic nitrogens is 2. The third-order valence-corrected chi connectivity index (χ3v) is 1.51. The number of hydrogen-bond donors (Lipinski definition) is 1. The Morgan fingerprint density at radius 3 is 2.87 bits per heavy atom. The van der Waals surface area contributed by atoms with Crippen LogP contribution in [-0.2, 0) is 20.9 Å². The number of nitrogens with one attached hydrogen (secondary N) is 1. The molecule has 1 aromatic heterocycles. The van der Waals surface area contributed by atoms with E-state index in [-0.39, 0.29) is 13.2 Å². The SMILES string of the molecule is CCOC(=O)C(=O)NCc1cnccn1. The molecule has 1 aromatic rings. The highest BCUT2D eigenvalue weighted by atomic mass is 16.5. The van der Waals surface area contributed by atoms with Gasteiger partial charge in [-0.25, -0.2) is 4.79 Å². The number of ether oxygens (including phenoxy) is 1. The van der Waals surface area contributed by atoms with Gasteiger partial charge in [-0.1, -0.05) is 0 Å². The zero-order valence-electron chi connectivity index (χ0n) is 8.27. The summed E-state index contributed by atoms with van der Waals surface area (Å²) in [7, 11) is 0. The van der Waals surface area contributed by atoms with Gasteiger partial charge >= 0.3 is 11.9 Å². The molecule has 6 heteroatoms. The van der Waals surface area contributed by atoms with Crippen LogP contribution in [0.3, 0.4) is 0 Å². The van der Waals surface area contributed by atoms with Crippen molar-refractivity contribution in [1.82, 2.24) is 15.3 Å². The average molecular weight is 209 g/mol. The molecule has 0 unspecified atom stereocenters. The fourth-order valence-electron chi connectivity index (χ4n) is 0.861. The maximum Gasteiger partial charge on any atom is 0.396 e. The first-order valence-electron chi connectivity index (χ1n) is 4.44. The van der Waals surface area contributed by atoms with E-state index in [0.29, 0.717) is 5.69 Å². The minimum atomic E-state index is -0.888. The van der Waals surface area contributed by atoms with Crippen molar-refractivity contribution >= 4 is 11.9 Å². The topological polar surface area (TPSA) is 81.2 Å². The largest absolute Gasteiger partial charge is 0.459 e. The van der Waals surface area contributed by atoms with Crippen molar-refractivity contribution in [2.75, 3.05) is 6.61 Å². The number of amides is 1. The minimum absolute atomic E-state index is 0.158. The number of nitrogens with zero attached hydrogens (tertiary/aromatic N) is 2. The van der Waals surface area contributed by atoms with Crippen LogP contribution in [0, 0.1) is 0 Å². The molecule has 0 saturated heterocycles. The normalized spacial score (nSPS) is 9.40. The highest BCUT2D eigenvalue weighted by molar-refractivity contribution is 6.32. The molecular formula is C9H11N3O3. The molecule has 0 fully saturated rings. The predicted octanol–water partition coefficient (Wildman–Crippen LogP) is -0.344. The smallest absolute Gasteiger partial charge is 0.396 e. The summed E-state index contributed by atoms with van der Waals surface area (Å²) in [6.07, 6.45) is 4.54. The van der Waals surface area contributed by atoms with Crippen LogP contribution in [0.15, 0.2) is 18.6 Å². The van der Waals surface area contributed by atoms with Crippen LogP contribution in [0.4, 0.5) is 0 Å². The molecule has 1 N–H and O–H groups in total. The third-order valence-electron chi connectivity index (χ3n) is 1.51. The lowest BCUT2D eigenvalue weighted by Crippen LogP contribution is -2.32. The van der Waals surface area contributed by atoms with Gasteiger partial charge in [-0.2, -0.15) is 0 Å². The lowest BCUT2D eigenvalue weighted by atomic mass is 10.4. The number of carbonyl (C=O) groups excluding carboxylic acids is 2. The van der Waals surface area contributed by atoms with Crippen LogP contribution >= 0.6 is 0 Å². The average Bonchev–Trinajstić information content (AvgIpc) is 2.27. The Bertz CT molecular complexity index is 340. The van der Waals surface area contributed by atoms with E-state index in [1.165, 1.54) is 18.6 Å². The maximum absolute atomic E-state index is 11.1. The van der Waals surface area contributed by atoms with Crippen LogP contribution in [0.1, 0.15) is 12.6 Å². The standard InChI is InChI=1S/C9H11N3O3/c1-2-15-9(14)8(13)12-6-7-5-10-3-4-11-7/h3-5H,2,6H2,1H3,(H,12,13). The fraction of sp³-hybridized carbons (Fsp3) is 0.333. The fourth-order valence-corrected chi connectivity index (χ4v) is 0.861. The predicted molar refractivity (Wildman–Crippen MR) is 50.5 cm³/mol. The lowest BCUT2D eigenvalue weighted by molar-refractivity contribution is -0.154. The van der Waals surface area contributed by atoms with Crippen molar-refractivity contribution < 1.29 is 14.3 Å². The van der Waals surface area contributed by atoms with E-state index in [4.69, 9.17) is 0 Å². The van der Waals surface area contributed by atoms with E-state index in [9.17, 15) is 9.59 Å². The molecule has 0 atom stereocenters. The molecule has 1 heterocycles. The molecule has 0 aromatic carbocycles. The molecule has 0 aliphatic carbocycles. The van der Waals surface area contributed by atoms with Crippen molar-refractivity contribution in [3.63, 3.8) is 0 Å². The molecule has 0 bridgehead atoms. The van der Waals surface area contributed by atoms with Crippen molar-refractivity contribution in [1.29, 1.82) is 0 Å². The van der Waals surface area contributed by atoms with Gasteiger partial charge in [0.1, 0.15) is 0 Å². The lowest BCUT2D eigenvalue weighted by Gasteiger charge is -2.03. The number of rotatable bonds is 3. The Labute approximate surface area is 86.7 Å². The highest BCUT2D eigenvalue weighted by Gasteiger charge is 2.13. The van der Waals surface area contributed by atoms with Gasteiger partial charge in [-0.15, -0.1) is 0 Å². The summed E-state index contributed by atoms with van der Waals surface area (Å²) in [4.78, 5) is 29.7. The molecule has 15 heavy (non-hydrogen) atoms. The number of carbonyl (C=O) groups is 2. The van der Waals surface area contributed by atoms with Crippen molar-refractivity contribution in [2.45, 2.75) is 13.5 Å². The van der Waals surface area contributed by atoms with Gasteiger partial charge in [-0.05, 0) is 6.92 Å². The molecule has 1 amide bonds. The molecule has 1 rings (SSSR count). The first-order chi connectivity index (χ1) is 7.24. The van der Waals surface area contributed by atoms with Crippen molar-refractivity contribution in [2.24, 2.45) is 0 Å². The second-order valence-electron chi connectivity index (χ2n) is 2.60. The first-order valence-corrected chi connectivity index (χ1v) is 4.44. The number of esters is 1. The Kier molecular flexibility index (Phi) is 4.21. The van der Waals surface area contributed by atoms with E-state index in [1.54, 1.807) is 6.92 Å². The molecule has 0 spiro atoms. The van der Waals surface area contributed by atoms with Gasteiger partial charge in [0.25, 0.3) is 0 Å². The molecule has 6 nitrogen and oxygen atoms in total. The number of hydrogen-bond acceptors (Lipinski definition) is 5. The second kappa shape index (κ2) is 5.69. The van der Waals surface area contributed by atoms with Crippen LogP contribution < -0.4 is 5.32 Å². The van der Waals surface area contributed by atoms with Gasteiger partial charge in [0.15, 0.2) is 0 Å². The summed E-state index contributed by atoms with van der Waals surface area (Å²) in [6, 6.07) is 0. The summed E-state index contributed by atoms with van der Waals surface area (Å²) >= 11 is 0. The van der Waals surface area contributed by atoms with Gasteiger partial charge < -0.3 is 10.1 Å². The summed E-state index contributed by atoms with van der Waals surface area (Å²) in [5, 5.41) is 2.37. The van der Waals surface area contributed by atoms with Crippen molar-refractivity contribution in [3.05, 3.63) is 24.3 Å². The summed E-state index contributed by atoms with van der Waals surface area (Å²) in [5.41, 5.74) is 0.579. The van der Waals surface area contributed by atoms with Gasteiger partial charge in [0, 0.05) is 12.4 Å². The van der Waals surface area contributed by atoms with Crippen LogP contribution in [0.2, 0.25) is 0 Å². The quantitative estimate of drug-likeness (QED) is 0.544. The van der Waals surface area contributed by atoms with Gasteiger partial charge in [-0.3, -0.25) is 14.8 Å². The zero-order chi connectivity index (χ0) is 11.1. The summed E-state index contributed by atoms with van der Waals surface area (Å²) < 4.78 is 4.51. The van der Waals surface area contributed by atoms with E-state index >= 15 is 0 Å². The highest BCUT2D eigenvalue weighted by Crippen LogP contribution is 1.89. The maximum atomic E-state index is 11.1. The molecule has 0 radical (unpaired) electrons. The van der Waals surface area contributed by atoms with Gasteiger partial charge in [0.05, 0.1) is 25.0 Å². The Morgan fingerprint density at radius 2 is 2.27 bits per heavy atom. The monoisotopic (exact) mass is 209 g/mol. The van der Waals surface area contributed by atoms with Crippen molar-refractivity contribution in [3.8, 4) is 0 Å². The summed E-state index contributed by atoms with van der Waals surface area (Å²) in [6.45, 7) is 1.97. The Hall–Kier alpha value is -1.98. The van der Waals surface area contributed by atoms with Crippen LogP contribution in [0.5, 0.6) is 0 Å². The Balaban J connectivity index is 2.38. The van der Waals surface area contributed by atoms with E-state index in [2.05, 4.69) is 20.0 Å². The van der Waals surface area contributed by atoms with E-state index in [0.717, 1.165) is 0 Å². The minimum Gasteiger partial charge on any atom is -0.459 e. The second-order valence-corrected chi connectivity index (χ2v) is 2.60. The summed E-state index contributed by atoms with van der Waals surface area (Å²) in [5.74, 6) is -1.66. The molecule has 80 valence electrons. The Morgan fingerprint density at radius 1 is 1.47 bits per heavy atom. The van der Waals surface area contributed by atoms with E-state index in [1.807, 2.05) is 0 Å². The van der Waals surface area contributed by atoms with E-state index < -0.39 is 11.9 Å². The molecule has 0 aliphatic rings. The van der Waals surface area contributed by atoms with Crippen LogP contribution in [0.25, 0.3) is 0 Å². The molecule has 0 saturated carbocycles. The molecular weight excluding hydrogens is 198 g/mol. The third kappa shape index (κ3) is 3.72. The van der Waals surface area contributed by atoms with Crippen LogP contribution in [-0.4, -0.2) is 28.5 Å². The molecule has 0 aliphatic heterocycles. The zero-order valence-corrected chi connectivity index (χ0v) is 8.27. The first kappa shape index (κ1) is 11.1.